The van der Waals surface area contributed by atoms with Gasteiger partial charge in [0.25, 0.3) is 5.56 Å². The second-order valence-corrected chi connectivity index (χ2v) is 7.79. The molecular formula is C28H23N3O. The third-order valence-electron chi connectivity index (χ3n) is 5.88. The summed E-state index contributed by atoms with van der Waals surface area (Å²) in [4.78, 5) is 12.8. The predicted octanol–water partition coefficient (Wildman–Crippen LogP) is 5.18. The smallest absolute Gasteiger partial charge is 0.259 e. The summed E-state index contributed by atoms with van der Waals surface area (Å²) in [6.07, 6.45) is 3.72. The minimum atomic E-state index is -0.699. The third-order valence-corrected chi connectivity index (χ3v) is 5.88. The third kappa shape index (κ3) is 3.17. The van der Waals surface area contributed by atoms with E-state index < -0.39 is 5.54 Å². The van der Waals surface area contributed by atoms with Gasteiger partial charge in [0.1, 0.15) is 5.54 Å². The van der Waals surface area contributed by atoms with Crippen molar-refractivity contribution in [2.24, 2.45) is 0 Å². The van der Waals surface area contributed by atoms with Crippen LogP contribution >= 0.6 is 0 Å². The average molecular weight is 418 g/mol. The zero-order chi connectivity index (χ0) is 22.0. The molecule has 5 rings (SSSR count). The molecule has 0 spiro atoms. The van der Waals surface area contributed by atoms with Crippen molar-refractivity contribution in [3.05, 3.63) is 154 Å². The van der Waals surface area contributed by atoms with Gasteiger partial charge in [-0.25, -0.2) is 0 Å². The van der Waals surface area contributed by atoms with Crippen LogP contribution in [0.1, 0.15) is 22.3 Å². The summed E-state index contributed by atoms with van der Waals surface area (Å²) in [6.45, 7) is 1.82. The zero-order valence-electron chi connectivity index (χ0n) is 17.8. The van der Waals surface area contributed by atoms with Crippen molar-refractivity contribution in [1.29, 1.82) is 0 Å². The summed E-state index contributed by atoms with van der Waals surface area (Å²) in [6, 6.07) is 36.7. The fourth-order valence-electron chi connectivity index (χ4n) is 4.35. The maximum absolute atomic E-state index is 12.8. The van der Waals surface area contributed by atoms with Gasteiger partial charge in [-0.2, -0.15) is 5.10 Å². The monoisotopic (exact) mass is 417 g/mol. The lowest BCUT2D eigenvalue weighted by Crippen LogP contribution is -2.38. The van der Waals surface area contributed by atoms with Crippen molar-refractivity contribution < 1.29 is 0 Å². The molecule has 0 saturated carbocycles. The zero-order valence-corrected chi connectivity index (χ0v) is 17.8. The summed E-state index contributed by atoms with van der Waals surface area (Å²) in [5, 5.41) is 4.96. The van der Waals surface area contributed by atoms with E-state index in [0.29, 0.717) is 11.4 Å². The van der Waals surface area contributed by atoms with Gasteiger partial charge >= 0.3 is 0 Å². The minimum absolute atomic E-state index is 0.0671. The summed E-state index contributed by atoms with van der Waals surface area (Å²) in [5.74, 6) is 0.589. The number of hydrogen-bond acceptors (Lipinski definition) is 2. The molecule has 0 amide bonds. The molecule has 0 aliphatic carbocycles. The van der Waals surface area contributed by atoms with Crippen molar-refractivity contribution in [2.45, 2.75) is 12.5 Å². The molecule has 0 radical (unpaired) electrons. The fraction of sp³-hybridized carbons (Fsp3) is 0.0714. The topological polar surface area (TPSA) is 39.8 Å². The SMILES string of the molecule is Cc1cccn(-c2ccn(C(c3ccccc3)(c3ccccc3)c3ccccc3)n2)c1=O. The Labute approximate surface area is 187 Å². The fourth-order valence-corrected chi connectivity index (χ4v) is 4.35. The molecule has 0 aliphatic heterocycles. The standard InChI is InChI=1S/C28H23N3O/c1-22-12-11-20-30(27(22)32)26-19-21-31(29-26)28(23-13-5-2-6-14-23,24-15-7-3-8-16-24)25-17-9-4-10-18-25/h2-21H,1H3. The number of nitrogens with zero attached hydrogens (tertiary/aromatic N) is 3. The number of hydrogen-bond donors (Lipinski definition) is 0. The molecule has 0 unspecified atom stereocenters. The van der Waals surface area contributed by atoms with E-state index in [1.54, 1.807) is 10.8 Å². The molecular weight excluding hydrogens is 394 g/mol. The van der Waals surface area contributed by atoms with Crippen LogP contribution in [0.4, 0.5) is 0 Å². The quantitative estimate of drug-likeness (QED) is 0.370. The van der Waals surface area contributed by atoms with Crippen molar-refractivity contribution in [3.63, 3.8) is 0 Å². The van der Waals surface area contributed by atoms with Gasteiger partial charge in [-0.05, 0) is 29.7 Å². The maximum atomic E-state index is 12.8. The summed E-state index contributed by atoms with van der Waals surface area (Å²) >= 11 is 0. The first-order valence-electron chi connectivity index (χ1n) is 10.6. The van der Waals surface area contributed by atoms with Gasteiger partial charge in [0, 0.05) is 24.0 Å². The van der Waals surface area contributed by atoms with Gasteiger partial charge in [0.05, 0.1) is 0 Å². The molecule has 2 aromatic heterocycles. The first-order chi connectivity index (χ1) is 15.7. The molecule has 3 aromatic carbocycles. The molecule has 0 aliphatic rings. The number of rotatable bonds is 5. The highest BCUT2D eigenvalue weighted by Gasteiger charge is 2.39. The van der Waals surface area contributed by atoms with Gasteiger partial charge in [-0.15, -0.1) is 0 Å². The van der Waals surface area contributed by atoms with Gasteiger partial charge in [0.2, 0.25) is 0 Å². The first kappa shape index (κ1) is 19.8. The molecule has 0 fully saturated rings. The van der Waals surface area contributed by atoms with Gasteiger partial charge in [-0.3, -0.25) is 14.0 Å². The largest absolute Gasteiger partial charge is 0.269 e. The maximum Gasteiger partial charge on any atom is 0.259 e. The Hall–Kier alpha value is -4.18. The van der Waals surface area contributed by atoms with E-state index >= 15 is 0 Å². The van der Waals surface area contributed by atoms with E-state index in [1.807, 2.05) is 90.6 Å². The highest BCUT2D eigenvalue weighted by Crippen LogP contribution is 2.40. The molecule has 0 N–H and O–H groups in total. The number of aromatic nitrogens is 3. The summed E-state index contributed by atoms with van der Waals surface area (Å²) in [5.41, 5.74) is 3.18. The molecule has 0 bridgehead atoms. The molecule has 4 nitrogen and oxygen atoms in total. The Balaban J connectivity index is 1.83. The van der Waals surface area contributed by atoms with Crippen LogP contribution in [0, 0.1) is 6.92 Å². The number of benzene rings is 3. The predicted molar refractivity (Wildman–Crippen MR) is 127 cm³/mol. The summed E-state index contributed by atoms with van der Waals surface area (Å²) in [7, 11) is 0. The second-order valence-electron chi connectivity index (χ2n) is 7.79. The highest BCUT2D eigenvalue weighted by atomic mass is 16.1. The molecule has 4 heteroatoms. The van der Waals surface area contributed by atoms with Crippen LogP contribution in [0.3, 0.4) is 0 Å². The van der Waals surface area contributed by atoms with E-state index in [4.69, 9.17) is 5.10 Å². The van der Waals surface area contributed by atoms with Crippen molar-refractivity contribution in [2.75, 3.05) is 0 Å². The molecule has 32 heavy (non-hydrogen) atoms. The Morgan fingerprint density at radius 3 is 1.62 bits per heavy atom. The van der Waals surface area contributed by atoms with Crippen LogP contribution in [-0.4, -0.2) is 14.3 Å². The summed E-state index contributed by atoms with van der Waals surface area (Å²) < 4.78 is 3.56. The average Bonchev–Trinajstić information content (AvgIpc) is 3.34. The lowest BCUT2D eigenvalue weighted by atomic mass is 9.77. The van der Waals surface area contributed by atoms with Crippen molar-refractivity contribution in [3.8, 4) is 5.82 Å². The Bertz CT molecular complexity index is 1290. The Kier molecular flexibility index (Phi) is 5.04. The highest BCUT2D eigenvalue weighted by molar-refractivity contribution is 5.50. The molecule has 0 saturated heterocycles. The number of aryl methyl sites for hydroxylation is 1. The first-order valence-corrected chi connectivity index (χ1v) is 10.6. The molecule has 0 atom stereocenters. The van der Waals surface area contributed by atoms with E-state index in [2.05, 4.69) is 36.4 Å². The van der Waals surface area contributed by atoms with E-state index in [9.17, 15) is 4.79 Å². The molecule has 156 valence electrons. The van der Waals surface area contributed by atoms with Crippen LogP contribution in [0.15, 0.2) is 126 Å². The van der Waals surface area contributed by atoms with Crippen molar-refractivity contribution >= 4 is 0 Å². The molecule has 5 aromatic rings. The lowest BCUT2D eigenvalue weighted by molar-refractivity contribution is 0.458. The van der Waals surface area contributed by atoms with Crippen LogP contribution in [-0.2, 0) is 5.54 Å². The van der Waals surface area contributed by atoms with Crippen LogP contribution < -0.4 is 5.56 Å². The van der Waals surface area contributed by atoms with Crippen LogP contribution in [0.5, 0.6) is 0 Å². The van der Waals surface area contributed by atoms with E-state index in [1.165, 1.54) is 0 Å². The Morgan fingerprint density at radius 2 is 1.12 bits per heavy atom. The van der Waals surface area contributed by atoms with E-state index in [0.717, 1.165) is 16.7 Å². The van der Waals surface area contributed by atoms with Gasteiger partial charge < -0.3 is 0 Å². The Morgan fingerprint density at radius 1 is 0.625 bits per heavy atom. The number of pyridine rings is 1. The second kappa shape index (κ2) is 8.16. The minimum Gasteiger partial charge on any atom is -0.269 e. The van der Waals surface area contributed by atoms with E-state index in [-0.39, 0.29) is 5.56 Å². The normalized spacial score (nSPS) is 11.4. The van der Waals surface area contributed by atoms with Crippen LogP contribution in [0.2, 0.25) is 0 Å². The lowest BCUT2D eigenvalue weighted by Gasteiger charge is -2.36. The van der Waals surface area contributed by atoms with Crippen molar-refractivity contribution in [1.82, 2.24) is 14.3 Å². The van der Waals surface area contributed by atoms with Crippen LogP contribution in [0.25, 0.3) is 5.82 Å². The van der Waals surface area contributed by atoms with Gasteiger partial charge in [0.15, 0.2) is 5.82 Å². The molecule has 2 heterocycles. The van der Waals surface area contributed by atoms with Gasteiger partial charge in [-0.1, -0.05) is 97.1 Å².